The second-order valence-electron chi connectivity index (χ2n) is 6.54. The van der Waals surface area contributed by atoms with Crippen molar-refractivity contribution in [3.8, 4) is 22.4 Å². The lowest BCUT2D eigenvalue weighted by Gasteiger charge is -2.12. The first-order chi connectivity index (χ1) is 13.7. The summed E-state index contributed by atoms with van der Waals surface area (Å²) in [6.45, 7) is 0. The minimum absolute atomic E-state index is 0.185. The van der Waals surface area contributed by atoms with Gasteiger partial charge >= 0.3 is 0 Å². The maximum absolute atomic E-state index is 11.9. The highest BCUT2D eigenvalue weighted by Crippen LogP contribution is 2.35. The Morgan fingerprint density at radius 3 is 2.57 bits per heavy atom. The molecule has 4 nitrogen and oxygen atoms in total. The molecule has 5 aromatic rings. The zero-order valence-electron chi connectivity index (χ0n) is 14.7. The first kappa shape index (κ1) is 16.8. The number of aromatic amines is 1. The molecule has 5 heteroatoms. The van der Waals surface area contributed by atoms with Crippen LogP contribution in [0.1, 0.15) is 0 Å². The van der Waals surface area contributed by atoms with Crippen molar-refractivity contribution >= 4 is 37.9 Å². The summed E-state index contributed by atoms with van der Waals surface area (Å²) >= 11 is 3.51. The second-order valence-corrected chi connectivity index (χ2v) is 7.39. The van der Waals surface area contributed by atoms with Gasteiger partial charge in [0, 0.05) is 38.6 Å². The molecule has 0 saturated carbocycles. The van der Waals surface area contributed by atoms with Crippen molar-refractivity contribution in [2.75, 3.05) is 0 Å². The Bertz CT molecular complexity index is 1390. The van der Waals surface area contributed by atoms with Crippen molar-refractivity contribution in [1.82, 2.24) is 15.0 Å². The van der Waals surface area contributed by atoms with Gasteiger partial charge < -0.3 is 4.98 Å². The van der Waals surface area contributed by atoms with Gasteiger partial charge in [-0.05, 0) is 45.8 Å². The molecule has 0 bridgehead atoms. The number of halogens is 1. The molecule has 0 atom stereocenters. The summed E-state index contributed by atoms with van der Waals surface area (Å²) in [5, 5.41) is 1.93. The molecule has 3 heterocycles. The van der Waals surface area contributed by atoms with E-state index in [0.717, 1.165) is 43.1 Å². The summed E-state index contributed by atoms with van der Waals surface area (Å²) in [4.78, 5) is 24.0. The molecular weight excluding hydrogens is 414 g/mol. The van der Waals surface area contributed by atoms with Gasteiger partial charge in [0.15, 0.2) is 0 Å². The zero-order chi connectivity index (χ0) is 19.1. The number of rotatable bonds is 2. The Hall–Kier alpha value is -3.31. The second kappa shape index (κ2) is 6.69. The summed E-state index contributed by atoms with van der Waals surface area (Å²) in [7, 11) is 0. The van der Waals surface area contributed by atoms with Gasteiger partial charge in [-0.25, -0.2) is 4.98 Å². The first-order valence-electron chi connectivity index (χ1n) is 8.83. The quantitative estimate of drug-likeness (QED) is 0.400. The van der Waals surface area contributed by atoms with E-state index in [0.29, 0.717) is 5.65 Å². The predicted octanol–water partition coefficient (Wildman–Crippen LogP) is 5.57. The molecule has 2 aromatic carbocycles. The number of nitrogens with one attached hydrogen (secondary N) is 1. The van der Waals surface area contributed by atoms with Crippen LogP contribution in [-0.4, -0.2) is 15.0 Å². The highest BCUT2D eigenvalue weighted by Gasteiger charge is 2.14. The molecule has 0 aliphatic heterocycles. The largest absolute Gasteiger partial charge is 0.306 e. The summed E-state index contributed by atoms with van der Waals surface area (Å²) in [6.07, 6.45) is 1.79. The monoisotopic (exact) mass is 427 g/mol. The third-order valence-electron chi connectivity index (χ3n) is 4.74. The van der Waals surface area contributed by atoms with Crippen molar-refractivity contribution in [3.05, 3.63) is 93.8 Å². The first-order valence-corrected chi connectivity index (χ1v) is 9.62. The van der Waals surface area contributed by atoms with E-state index in [-0.39, 0.29) is 5.56 Å². The third-order valence-corrected chi connectivity index (χ3v) is 5.40. The van der Waals surface area contributed by atoms with Gasteiger partial charge in [0.25, 0.3) is 5.56 Å². The molecule has 0 radical (unpaired) electrons. The molecular formula is C23H14BrN3O. The van der Waals surface area contributed by atoms with Crippen LogP contribution in [-0.2, 0) is 0 Å². The van der Waals surface area contributed by atoms with Gasteiger partial charge in [-0.1, -0.05) is 42.5 Å². The van der Waals surface area contributed by atoms with Crippen molar-refractivity contribution < 1.29 is 0 Å². The standard InChI is InChI=1S/C23H14BrN3O/c24-19-13-21(28)26-23-18(19)12-17(22(27-23)14-5-2-1-3-6-14)15-8-9-20-16(11-15)7-4-10-25-20/h1-13H,(H,26,27,28). The van der Waals surface area contributed by atoms with E-state index in [9.17, 15) is 4.79 Å². The summed E-state index contributed by atoms with van der Waals surface area (Å²) < 4.78 is 0.724. The zero-order valence-corrected chi connectivity index (χ0v) is 16.3. The Kier molecular flexibility index (Phi) is 4.02. The van der Waals surface area contributed by atoms with Crippen LogP contribution < -0.4 is 5.56 Å². The van der Waals surface area contributed by atoms with E-state index < -0.39 is 0 Å². The molecule has 5 rings (SSSR count). The molecule has 0 aliphatic rings. The SMILES string of the molecule is O=c1cc(Br)c2cc(-c3ccc4ncccc4c3)c(-c3ccccc3)nc2[nH]1. The van der Waals surface area contributed by atoms with E-state index in [1.165, 1.54) is 6.07 Å². The van der Waals surface area contributed by atoms with Gasteiger partial charge in [0.05, 0.1) is 11.2 Å². The minimum Gasteiger partial charge on any atom is -0.306 e. The lowest BCUT2D eigenvalue weighted by Crippen LogP contribution is -2.06. The van der Waals surface area contributed by atoms with Crippen molar-refractivity contribution in [3.63, 3.8) is 0 Å². The summed E-state index contributed by atoms with van der Waals surface area (Å²) in [6, 6.07) is 23.8. The Morgan fingerprint density at radius 1 is 0.857 bits per heavy atom. The van der Waals surface area contributed by atoms with Crippen LogP contribution in [0.3, 0.4) is 0 Å². The number of fused-ring (bicyclic) bond motifs is 2. The molecule has 0 unspecified atom stereocenters. The van der Waals surface area contributed by atoms with Gasteiger partial charge in [0.1, 0.15) is 5.65 Å². The highest BCUT2D eigenvalue weighted by atomic mass is 79.9. The van der Waals surface area contributed by atoms with Crippen LogP contribution in [0, 0.1) is 0 Å². The lowest BCUT2D eigenvalue weighted by atomic mass is 9.97. The molecule has 0 saturated heterocycles. The third kappa shape index (κ3) is 2.90. The predicted molar refractivity (Wildman–Crippen MR) is 116 cm³/mol. The molecule has 3 aromatic heterocycles. The number of aromatic nitrogens is 3. The fourth-order valence-corrected chi connectivity index (χ4v) is 3.93. The summed E-state index contributed by atoms with van der Waals surface area (Å²) in [5.74, 6) is 0. The molecule has 28 heavy (non-hydrogen) atoms. The van der Waals surface area contributed by atoms with Crippen molar-refractivity contribution in [2.24, 2.45) is 0 Å². The Morgan fingerprint density at radius 2 is 1.71 bits per heavy atom. The molecule has 0 aliphatic carbocycles. The van der Waals surface area contributed by atoms with Crippen LogP contribution in [0.15, 0.2) is 88.3 Å². The smallest absolute Gasteiger partial charge is 0.250 e. The average molecular weight is 428 g/mol. The number of benzene rings is 2. The Labute approximate surface area is 169 Å². The molecule has 0 amide bonds. The maximum Gasteiger partial charge on any atom is 0.250 e. The molecule has 0 fully saturated rings. The number of nitrogens with zero attached hydrogens (tertiary/aromatic N) is 2. The van der Waals surface area contributed by atoms with E-state index in [1.54, 1.807) is 6.20 Å². The van der Waals surface area contributed by atoms with Gasteiger partial charge in [0.2, 0.25) is 0 Å². The van der Waals surface area contributed by atoms with Gasteiger partial charge in [-0.2, -0.15) is 0 Å². The van der Waals surface area contributed by atoms with E-state index >= 15 is 0 Å². The number of pyridine rings is 3. The van der Waals surface area contributed by atoms with Gasteiger partial charge in [-0.3, -0.25) is 9.78 Å². The van der Waals surface area contributed by atoms with Crippen LogP contribution in [0.4, 0.5) is 0 Å². The number of hydrogen-bond acceptors (Lipinski definition) is 3. The van der Waals surface area contributed by atoms with E-state index in [4.69, 9.17) is 4.98 Å². The number of hydrogen-bond donors (Lipinski definition) is 1. The Balaban J connectivity index is 1.85. The summed E-state index contributed by atoms with van der Waals surface area (Å²) in [5.41, 5.74) is 5.19. The molecule has 0 spiro atoms. The minimum atomic E-state index is -0.185. The maximum atomic E-state index is 11.9. The normalized spacial score (nSPS) is 11.2. The van der Waals surface area contributed by atoms with Crippen molar-refractivity contribution in [1.29, 1.82) is 0 Å². The van der Waals surface area contributed by atoms with Crippen LogP contribution in [0.2, 0.25) is 0 Å². The number of H-pyrrole nitrogens is 1. The van der Waals surface area contributed by atoms with E-state index in [2.05, 4.69) is 50.2 Å². The van der Waals surface area contributed by atoms with Gasteiger partial charge in [-0.15, -0.1) is 0 Å². The van der Waals surface area contributed by atoms with Crippen LogP contribution >= 0.6 is 15.9 Å². The lowest BCUT2D eigenvalue weighted by molar-refractivity contribution is 1.23. The fraction of sp³-hybridized carbons (Fsp3) is 0. The van der Waals surface area contributed by atoms with Crippen molar-refractivity contribution in [2.45, 2.75) is 0 Å². The highest BCUT2D eigenvalue weighted by molar-refractivity contribution is 9.10. The average Bonchev–Trinajstić information content (AvgIpc) is 2.73. The molecule has 1 N–H and O–H groups in total. The fourth-order valence-electron chi connectivity index (χ4n) is 3.42. The van der Waals surface area contributed by atoms with E-state index in [1.807, 2.05) is 42.5 Å². The van der Waals surface area contributed by atoms with Crippen LogP contribution in [0.5, 0.6) is 0 Å². The topological polar surface area (TPSA) is 58.6 Å². The molecule has 134 valence electrons. The van der Waals surface area contributed by atoms with Crippen LogP contribution in [0.25, 0.3) is 44.3 Å².